The number of thiazole rings is 1. The lowest BCUT2D eigenvalue weighted by atomic mass is 9.83. The Kier molecular flexibility index (Phi) is 5.82. The van der Waals surface area contributed by atoms with Crippen molar-refractivity contribution in [1.29, 1.82) is 0 Å². The predicted molar refractivity (Wildman–Crippen MR) is 93.6 cm³/mol. The molecule has 0 bridgehead atoms. The maximum absolute atomic E-state index is 12.4. The third-order valence-corrected chi connectivity index (χ3v) is 4.59. The van der Waals surface area contributed by atoms with E-state index >= 15 is 0 Å². The van der Waals surface area contributed by atoms with Gasteiger partial charge < -0.3 is 14.8 Å². The fraction of sp³-hybridized carbons (Fsp3) is 0.647. The molecule has 0 aromatic carbocycles. The number of hydrogen-bond acceptors (Lipinski definition) is 8. The molecule has 1 aromatic rings. The van der Waals surface area contributed by atoms with E-state index in [1.807, 2.05) is 0 Å². The second kappa shape index (κ2) is 7.51. The van der Waals surface area contributed by atoms with Gasteiger partial charge in [-0.3, -0.25) is 14.4 Å². The quantitative estimate of drug-likeness (QED) is 0.771. The van der Waals surface area contributed by atoms with Crippen LogP contribution in [0, 0.1) is 0 Å². The topological polar surface area (TPSA) is 94.6 Å². The van der Waals surface area contributed by atoms with E-state index in [0.29, 0.717) is 23.7 Å². The van der Waals surface area contributed by atoms with Crippen molar-refractivity contribution < 1.29 is 23.9 Å². The normalized spacial score (nSPS) is 20.4. The Bertz CT molecular complexity index is 664. The first-order valence-corrected chi connectivity index (χ1v) is 9.15. The van der Waals surface area contributed by atoms with E-state index < -0.39 is 17.0 Å². The molecule has 1 heterocycles. The fourth-order valence-corrected chi connectivity index (χ4v) is 3.54. The van der Waals surface area contributed by atoms with Crippen molar-refractivity contribution in [2.45, 2.75) is 58.0 Å². The summed E-state index contributed by atoms with van der Waals surface area (Å²) < 4.78 is 10.4. The highest BCUT2D eigenvalue weighted by Gasteiger charge is 2.49. The van der Waals surface area contributed by atoms with Crippen molar-refractivity contribution >= 4 is 34.2 Å². The van der Waals surface area contributed by atoms with Crippen molar-refractivity contribution in [3.05, 3.63) is 11.1 Å². The summed E-state index contributed by atoms with van der Waals surface area (Å²) in [6, 6.07) is 0. The number of rotatable bonds is 6. The molecule has 1 fully saturated rings. The smallest absolute Gasteiger partial charge is 0.325 e. The molecule has 8 heteroatoms. The van der Waals surface area contributed by atoms with E-state index in [2.05, 4.69) is 10.3 Å². The standard InChI is InChI=1S/C17H24N2O5S/c1-5-23-14(22)17(7-6-11(20)8-17)12-10-25-15(19-12)18-9-13(21)24-16(2,3)4/h10H,5-9H2,1-4H3,(H,18,19). The molecule has 1 N–H and O–H groups in total. The molecule has 25 heavy (non-hydrogen) atoms. The van der Waals surface area contributed by atoms with Crippen molar-refractivity contribution in [1.82, 2.24) is 4.98 Å². The molecule has 1 aliphatic rings. The number of esters is 2. The molecule has 7 nitrogen and oxygen atoms in total. The monoisotopic (exact) mass is 368 g/mol. The van der Waals surface area contributed by atoms with Crippen LogP contribution in [0.5, 0.6) is 0 Å². The van der Waals surface area contributed by atoms with E-state index in [0.717, 1.165) is 0 Å². The lowest BCUT2D eigenvalue weighted by Crippen LogP contribution is -2.35. The van der Waals surface area contributed by atoms with Crippen LogP contribution in [0.1, 0.15) is 52.7 Å². The van der Waals surface area contributed by atoms with Gasteiger partial charge in [-0.1, -0.05) is 0 Å². The van der Waals surface area contributed by atoms with E-state index in [-0.39, 0.29) is 31.3 Å². The lowest BCUT2D eigenvalue weighted by Gasteiger charge is -2.23. The molecular formula is C17H24N2O5S. The molecular weight excluding hydrogens is 344 g/mol. The van der Waals surface area contributed by atoms with E-state index in [1.165, 1.54) is 11.3 Å². The molecule has 2 rings (SSSR count). The minimum Gasteiger partial charge on any atom is -0.465 e. The SMILES string of the molecule is CCOC(=O)C1(c2csc(NCC(=O)OC(C)(C)C)n2)CCC(=O)C1. The van der Waals surface area contributed by atoms with Gasteiger partial charge in [-0.25, -0.2) is 4.98 Å². The van der Waals surface area contributed by atoms with Gasteiger partial charge in [-0.05, 0) is 34.1 Å². The summed E-state index contributed by atoms with van der Waals surface area (Å²) in [6.07, 6.45) is 0.859. The molecule has 1 aliphatic carbocycles. The van der Waals surface area contributed by atoms with Gasteiger partial charge >= 0.3 is 11.9 Å². The Hall–Kier alpha value is -1.96. The number of anilines is 1. The summed E-state index contributed by atoms with van der Waals surface area (Å²) in [5, 5.41) is 5.15. The van der Waals surface area contributed by atoms with Gasteiger partial charge in [0.1, 0.15) is 23.3 Å². The van der Waals surface area contributed by atoms with Crippen LogP contribution in [0.3, 0.4) is 0 Å². The molecule has 0 aliphatic heterocycles. The van der Waals surface area contributed by atoms with Gasteiger partial charge in [-0.15, -0.1) is 11.3 Å². The zero-order chi connectivity index (χ0) is 18.7. The molecule has 0 amide bonds. The number of Topliss-reactive ketones (excluding diaryl/α,β-unsaturated/α-hetero) is 1. The first-order valence-electron chi connectivity index (χ1n) is 8.27. The van der Waals surface area contributed by atoms with Crippen molar-refractivity contribution in [3.63, 3.8) is 0 Å². The Labute approximate surface area is 151 Å². The van der Waals surface area contributed by atoms with Gasteiger partial charge in [0.2, 0.25) is 0 Å². The number of carbonyl (C=O) groups is 3. The predicted octanol–water partition coefficient (Wildman–Crippen LogP) is 2.45. The number of ketones is 1. The summed E-state index contributed by atoms with van der Waals surface area (Å²) in [5.41, 5.74) is -1.03. The van der Waals surface area contributed by atoms with Gasteiger partial charge in [0.25, 0.3) is 0 Å². The van der Waals surface area contributed by atoms with Gasteiger partial charge in [-0.2, -0.15) is 0 Å². The summed E-state index contributed by atoms with van der Waals surface area (Å²) >= 11 is 1.28. The molecule has 0 radical (unpaired) electrons. The molecule has 0 spiro atoms. The van der Waals surface area contributed by atoms with Crippen LogP contribution in [-0.2, 0) is 29.3 Å². The van der Waals surface area contributed by atoms with Crippen LogP contribution < -0.4 is 5.32 Å². The maximum atomic E-state index is 12.4. The lowest BCUT2D eigenvalue weighted by molar-refractivity contribution is -0.152. The number of ether oxygens (including phenoxy) is 2. The number of hydrogen-bond donors (Lipinski definition) is 1. The molecule has 1 atom stereocenters. The molecule has 1 saturated carbocycles. The number of aromatic nitrogens is 1. The zero-order valence-electron chi connectivity index (χ0n) is 15.0. The summed E-state index contributed by atoms with van der Waals surface area (Å²) in [5.74, 6) is -0.769. The molecule has 0 saturated heterocycles. The van der Waals surface area contributed by atoms with Gasteiger partial charge in [0.15, 0.2) is 5.13 Å². The van der Waals surface area contributed by atoms with Gasteiger partial charge in [0, 0.05) is 18.2 Å². The van der Waals surface area contributed by atoms with E-state index in [1.54, 1.807) is 33.1 Å². The van der Waals surface area contributed by atoms with Crippen LogP contribution in [0.2, 0.25) is 0 Å². The van der Waals surface area contributed by atoms with Crippen molar-refractivity contribution in [2.75, 3.05) is 18.5 Å². The second-order valence-electron chi connectivity index (χ2n) is 7.00. The molecule has 138 valence electrons. The number of carbonyl (C=O) groups excluding carboxylic acids is 3. The molecule has 1 aromatic heterocycles. The minimum absolute atomic E-state index is 0.0183. The van der Waals surface area contributed by atoms with E-state index in [9.17, 15) is 14.4 Å². The Balaban J connectivity index is 2.09. The summed E-state index contributed by atoms with van der Waals surface area (Å²) in [4.78, 5) is 40.4. The first-order chi connectivity index (χ1) is 11.7. The van der Waals surface area contributed by atoms with Crippen LogP contribution in [0.4, 0.5) is 5.13 Å². The minimum atomic E-state index is -1.00. The Morgan fingerprint density at radius 3 is 2.68 bits per heavy atom. The van der Waals surface area contributed by atoms with E-state index in [4.69, 9.17) is 9.47 Å². The third-order valence-electron chi connectivity index (χ3n) is 3.79. The largest absolute Gasteiger partial charge is 0.465 e. The summed E-state index contributed by atoms with van der Waals surface area (Å²) in [6.45, 7) is 7.36. The van der Waals surface area contributed by atoms with Crippen LogP contribution in [-0.4, -0.2) is 41.5 Å². The van der Waals surface area contributed by atoms with Crippen molar-refractivity contribution in [3.8, 4) is 0 Å². The van der Waals surface area contributed by atoms with Crippen LogP contribution in [0.15, 0.2) is 5.38 Å². The van der Waals surface area contributed by atoms with Crippen LogP contribution >= 0.6 is 11.3 Å². The van der Waals surface area contributed by atoms with Crippen LogP contribution in [0.25, 0.3) is 0 Å². The number of nitrogens with one attached hydrogen (secondary N) is 1. The second-order valence-corrected chi connectivity index (χ2v) is 7.85. The highest BCUT2D eigenvalue weighted by molar-refractivity contribution is 7.13. The highest BCUT2D eigenvalue weighted by atomic mass is 32.1. The zero-order valence-corrected chi connectivity index (χ0v) is 15.8. The van der Waals surface area contributed by atoms with Crippen molar-refractivity contribution in [2.24, 2.45) is 0 Å². The average molecular weight is 368 g/mol. The fourth-order valence-electron chi connectivity index (χ4n) is 2.73. The highest BCUT2D eigenvalue weighted by Crippen LogP contribution is 2.41. The Morgan fingerprint density at radius 1 is 1.40 bits per heavy atom. The third kappa shape index (κ3) is 4.78. The first kappa shape index (κ1) is 19.4. The van der Waals surface area contributed by atoms with Gasteiger partial charge in [0.05, 0.1) is 12.3 Å². The Morgan fingerprint density at radius 2 is 2.12 bits per heavy atom. The maximum Gasteiger partial charge on any atom is 0.325 e. The number of nitrogens with zero attached hydrogens (tertiary/aromatic N) is 1. The average Bonchev–Trinajstić information content (AvgIpc) is 3.11. The molecule has 1 unspecified atom stereocenters. The summed E-state index contributed by atoms with van der Waals surface area (Å²) in [7, 11) is 0.